The van der Waals surface area contributed by atoms with E-state index >= 15 is 0 Å². The number of fused-ring (bicyclic) bond motifs is 1. The fraction of sp³-hybridized carbons (Fsp3) is 0.560. The number of hydrogen-bond acceptors (Lipinski definition) is 5. The minimum absolute atomic E-state index is 0.0463. The zero-order valence-corrected chi connectivity index (χ0v) is 18.6. The van der Waals surface area contributed by atoms with Crippen molar-refractivity contribution in [2.45, 2.75) is 77.6 Å². The Kier molecular flexibility index (Phi) is 9.78. The zero-order chi connectivity index (χ0) is 21.9. The van der Waals surface area contributed by atoms with Gasteiger partial charge in [-0.2, -0.15) is 0 Å². The van der Waals surface area contributed by atoms with Crippen LogP contribution in [0.4, 0.5) is 0 Å². The Morgan fingerprint density at radius 3 is 1.80 bits per heavy atom. The van der Waals surface area contributed by atoms with Gasteiger partial charge in [0.1, 0.15) is 11.5 Å². The van der Waals surface area contributed by atoms with E-state index in [-0.39, 0.29) is 34.7 Å². The van der Waals surface area contributed by atoms with Gasteiger partial charge in [-0.1, -0.05) is 64.7 Å². The molecule has 0 aromatic heterocycles. The van der Waals surface area contributed by atoms with Crippen LogP contribution in [-0.4, -0.2) is 31.6 Å². The van der Waals surface area contributed by atoms with Crippen molar-refractivity contribution in [1.82, 2.24) is 0 Å². The zero-order valence-electron chi connectivity index (χ0n) is 18.6. The number of ether oxygens (including phenoxy) is 2. The van der Waals surface area contributed by atoms with Crippen molar-refractivity contribution in [3.63, 3.8) is 0 Å². The average Bonchev–Trinajstić information content (AvgIpc) is 2.76. The van der Waals surface area contributed by atoms with Crippen LogP contribution in [0.25, 0.3) is 0 Å². The fourth-order valence-corrected chi connectivity index (χ4v) is 3.89. The highest BCUT2D eigenvalue weighted by atomic mass is 16.5. The molecule has 0 saturated carbocycles. The van der Waals surface area contributed by atoms with Gasteiger partial charge in [-0.05, 0) is 18.6 Å². The molecule has 0 spiro atoms. The molecule has 0 heterocycles. The third kappa shape index (κ3) is 6.04. The highest BCUT2D eigenvalue weighted by Gasteiger charge is 2.34. The lowest BCUT2D eigenvalue weighted by molar-refractivity contribution is -0.115. The van der Waals surface area contributed by atoms with Gasteiger partial charge in [0.2, 0.25) is 5.78 Å². The highest BCUT2D eigenvalue weighted by molar-refractivity contribution is 6.36. The average molecular weight is 415 g/mol. The number of carbonyl (C=O) groups excluding carboxylic acids is 3. The van der Waals surface area contributed by atoms with Crippen molar-refractivity contribution in [2.24, 2.45) is 0 Å². The molecule has 0 N–H and O–H groups in total. The van der Waals surface area contributed by atoms with Crippen LogP contribution in [0.2, 0.25) is 0 Å². The van der Waals surface area contributed by atoms with Crippen LogP contribution in [0, 0.1) is 0 Å². The molecule has 1 aliphatic rings. The third-order valence-corrected chi connectivity index (χ3v) is 5.62. The first-order chi connectivity index (χ1) is 14.5. The van der Waals surface area contributed by atoms with Crippen LogP contribution in [0.3, 0.4) is 0 Å². The lowest BCUT2D eigenvalue weighted by Crippen LogP contribution is -2.23. The maximum Gasteiger partial charge on any atom is 0.201 e. The summed E-state index contributed by atoms with van der Waals surface area (Å²) in [4.78, 5) is 38.2. The van der Waals surface area contributed by atoms with E-state index in [1.54, 1.807) is 12.1 Å². The first-order valence-electron chi connectivity index (χ1n) is 11.1. The van der Waals surface area contributed by atoms with E-state index in [0.717, 1.165) is 25.3 Å². The summed E-state index contributed by atoms with van der Waals surface area (Å²) in [6.45, 7) is 2.22. The van der Waals surface area contributed by atoms with Gasteiger partial charge in [-0.25, -0.2) is 0 Å². The van der Waals surface area contributed by atoms with E-state index < -0.39 is 11.6 Å². The number of ketones is 3. The fourth-order valence-electron chi connectivity index (χ4n) is 3.89. The Labute approximate surface area is 179 Å². The van der Waals surface area contributed by atoms with Crippen molar-refractivity contribution < 1.29 is 23.9 Å². The van der Waals surface area contributed by atoms with Crippen LogP contribution in [0.15, 0.2) is 23.8 Å². The summed E-state index contributed by atoms with van der Waals surface area (Å²) in [5.41, 5.74) is 0.239. The van der Waals surface area contributed by atoms with Gasteiger partial charge in [-0.3, -0.25) is 14.4 Å². The van der Waals surface area contributed by atoms with Gasteiger partial charge in [0.15, 0.2) is 11.6 Å². The van der Waals surface area contributed by atoms with E-state index in [9.17, 15) is 14.4 Å². The molecule has 5 heteroatoms. The largest absolute Gasteiger partial charge is 0.496 e. The number of allylic oxidation sites excluding steroid dienone is 2. The smallest absolute Gasteiger partial charge is 0.201 e. The van der Waals surface area contributed by atoms with Gasteiger partial charge in [0.05, 0.1) is 30.9 Å². The third-order valence-electron chi connectivity index (χ3n) is 5.62. The number of rotatable bonds is 14. The first-order valence-corrected chi connectivity index (χ1v) is 11.1. The molecule has 0 aliphatic heterocycles. The van der Waals surface area contributed by atoms with Gasteiger partial charge in [0, 0.05) is 12.5 Å². The molecule has 1 aliphatic carbocycles. The molecule has 1 aromatic rings. The van der Waals surface area contributed by atoms with Crippen molar-refractivity contribution in [1.29, 1.82) is 0 Å². The standard InChI is InChI=1S/C25H34O5/c1-4-5-6-7-8-9-10-11-12-13-14-19(26)18-17-20(27)23-21(29-2)15-16-22(30-3)24(23)25(18)28/h15-17H,4-14H2,1-3H3. The molecule has 2 rings (SSSR count). The predicted molar refractivity (Wildman–Crippen MR) is 118 cm³/mol. The predicted octanol–water partition coefficient (Wildman–Crippen LogP) is 5.89. The quantitative estimate of drug-likeness (QED) is 0.280. The molecule has 30 heavy (non-hydrogen) atoms. The topological polar surface area (TPSA) is 69.7 Å². The molecule has 1 aromatic carbocycles. The molecule has 0 bridgehead atoms. The summed E-state index contributed by atoms with van der Waals surface area (Å²) < 4.78 is 10.5. The number of benzene rings is 1. The second-order valence-corrected chi connectivity index (χ2v) is 7.83. The Hall–Kier alpha value is -2.43. The minimum atomic E-state index is -0.461. The van der Waals surface area contributed by atoms with Crippen molar-refractivity contribution in [3.8, 4) is 11.5 Å². The second kappa shape index (κ2) is 12.3. The molecular formula is C25H34O5. The normalized spacial score (nSPS) is 13.1. The number of methoxy groups -OCH3 is 2. The van der Waals surface area contributed by atoms with Crippen LogP contribution >= 0.6 is 0 Å². The van der Waals surface area contributed by atoms with E-state index in [4.69, 9.17) is 9.47 Å². The maximum absolute atomic E-state index is 13.0. The lowest BCUT2D eigenvalue weighted by Gasteiger charge is -2.19. The maximum atomic E-state index is 13.0. The summed E-state index contributed by atoms with van der Waals surface area (Å²) in [6.07, 6.45) is 13.2. The molecule has 0 unspecified atom stereocenters. The Morgan fingerprint density at radius 2 is 1.27 bits per heavy atom. The molecule has 164 valence electrons. The summed E-state index contributed by atoms with van der Waals surface area (Å²) >= 11 is 0. The SMILES string of the molecule is CCCCCCCCCCCCC(=O)C1=CC(=O)c2c(OC)ccc(OC)c2C1=O. The second-order valence-electron chi connectivity index (χ2n) is 7.83. The van der Waals surface area contributed by atoms with Crippen molar-refractivity contribution in [2.75, 3.05) is 14.2 Å². The Morgan fingerprint density at radius 1 is 0.767 bits per heavy atom. The summed E-state index contributed by atoms with van der Waals surface area (Å²) in [7, 11) is 2.87. The lowest BCUT2D eigenvalue weighted by atomic mass is 9.85. The van der Waals surface area contributed by atoms with E-state index in [1.165, 1.54) is 59.2 Å². The number of unbranched alkanes of at least 4 members (excludes halogenated alkanes) is 9. The monoisotopic (exact) mass is 414 g/mol. The summed E-state index contributed by atoms with van der Waals surface area (Å²) in [5.74, 6) is -0.546. The van der Waals surface area contributed by atoms with E-state index in [1.807, 2.05) is 0 Å². The molecule has 0 atom stereocenters. The number of carbonyl (C=O) groups is 3. The van der Waals surface area contributed by atoms with Crippen molar-refractivity contribution in [3.05, 3.63) is 34.9 Å². The van der Waals surface area contributed by atoms with Crippen molar-refractivity contribution >= 4 is 17.3 Å². The number of Topliss-reactive ketones (excluding diaryl/α,β-unsaturated/α-hetero) is 2. The van der Waals surface area contributed by atoms with Gasteiger partial charge in [0.25, 0.3) is 0 Å². The Bertz CT molecular complexity index is 791. The van der Waals surface area contributed by atoms with E-state index in [0.29, 0.717) is 5.75 Å². The van der Waals surface area contributed by atoms with E-state index in [2.05, 4.69) is 6.92 Å². The molecule has 0 saturated heterocycles. The number of hydrogen-bond donors (Lipinski definition) is 0. The van der Waals surface area contributed by atoms with Gasteiger partial charge < -0.3 is 9.47 Å². The minimum Gasteiger partial charge on any atom is -0.496 e. The van der Waals surface area contributed by atoms with Gasteiger partial charge in [-0.15, -0.1) is 0 Å². The summed E-state index contributed by atoms with van der Waals surface area (Å²) in [5, 5.41) is 0. The summed E-state index contributed by atoms with van der Waals surface area (Å²) in [6, 6.07) is 3.17. The molecule has 0 fully saturated rings. The van der Waals surface area contributed by atoms with Crippen LogP contribution in [0.5, 0.6) is 11.5 Å². The highest BCUT2D eigenvalue weighted by Crippen LogP contribution is 2.36. The first kappa shape index (κ1) is 23.8. The van der Waals surface area contributed by atoms with Crippen LogP contribution < -0.4 is 9.47 Å². The van der Waals surface area contributed by atoms with Crippen LogP contribution in [-0.2, 0) is 4.79 Å². The molecular weight excluding hydrogens is 380 g/mol. The molecule has 0 radical (unpaired) electrons. The molecule has 5 nitrogen and oxygen atoms in total. The Balaban J connectivity index is 1.87. The van der Waals surface area contributed by atoms with Crippen LogP contribution in [0.1, 0.15) is 98.3 Å². The molecule has 0 amide bonds. The van der Waals surface area contributed by atoms with Gasteiger partial charge >= 0.3 is 0 Å².